The molecular weight excluding hydrogens is 244 g/mol. The molecule has 2 heteroatoms. The fourth-order valence-electron chi connectivity index (χ4n) is 3.28. The van der Waals surface area contributed by atoms with E-state index in [9.17, 15) is 0 Å². The van der Waals surface area contributed by atoms with E-state index >= 15 is 0 Å². The molecule has 2 saturated heterocycles. The van der Waals surface area contributed by atoms with Crippen molar-refractivity contribution in [3.05, 3.63) is 29.8 Å². The first-order chi connectivity index (χ1) is 9.41. The summed E-state index contributed by atoms with van der Waals surface area (Å²) < 4.78 is 0. The summed E-state index contributed by atoms with van der Waals surface area (Å²) in [6.07, 6.45) is 0. The number of hydrogen-bond donors (Lipinski definition) is 0. The van der Waals surface area contributed by atoms with Crippen molar-refractivity contribution in [2.24, 2.45) is 17.3 Å². The second kappa shape index (κ2) is 5.07. The van der Waals surface area contributed by atoms with E-state index < -0.39 is 0 Å². The second-order valence-corrected chi connectivity index (χ2v) is 7.89. The molecule has 0 atom stereocenters. The minimum atomic E-state index is 0.490. The van der Waals surface area contributed by atoms with Gasteiger partial charge in [0.25, 0.3) is 0 Å². The van der Waals surface area contributed by atoms with Gasteiger partial charge in [-0.25, -0.2) is 0 Å². The Morgan fingerprint density at radius 2 is 1.60 bits per heavy atom. The van der Waals surface area contributed by atoms with Crippen LogP contribution in [0.2, 0.25) is 0 Å². The van der Waals surface area contributed by atoms with Gasteiger partial charge in [-0.15, -0.1) is 0 Å². The standard InChI is InChI=1S/C18H28N2/c1-14-5-7-17(8-6-14)20-10-15(11-20)9-19-12-16(13-19)18(2,3)4/h5-8,15-16H,9-13H2,1-4H3. The number of benzene rings is 1. The molecular formula is C18H28N2. The van der Waals surface area contributed by atoms with E-state index in [0.29, 0.717) is 5.41 Å². The fraction of sp³-hybridized carbons (Fsp3) is 0.667. The molecule has 2 nitrogen and oxygen atoms in total. The predicted molar refractivity (Wildman–Crippen MR) is 86.3 cm³/mol. The monoisotopic (exact) mass is 272 g/mol. The van der Waals surface area contributed by atoms with Crippen molar-refractivity contribution in [3.8, 4) is 0 Å². The van der Waals surface area contributed by atoms with Crippen molar-refractivity contribution in [2.75, 3.05) is 37.6 Å². The highest BCUT2D eigenvalue weighted by Crippen LogP contribution is 2.35. The second-order valence-electron chi connectivity index (χ2n) is 7.89. The van der Waals surface area contributed by atoms with Crippen LogP contribution >= 0.6 is 0 Å². The average molecular weight is 272 g/mol. The van der Waals surface area contributed by atoms with Crippen LogP contribution in [0.5, 0.6) is 0 Å². The van der Waals surface area contributed by atoms with Crippen LogP contribution in [-0.4, -0.2) is 37.6 Å². The minimum absolute atomic E-state index is 0.490. The smallest absolute Gasteiger partial charge is 0.0366 e. The quantitative estimate of drug-likeness (QED) is 0.832. The van der Waals surface area contributed by atoms with Crippen LogP contribution in [0.1, 0.15) is 26.3 Å². The van der Waals surface area contributed by atoms with E-state index in [2.05, 4.69) is 61.8 Å². The molecule has 0 amide bonds. The first-order valence-corrected chi connectivity index (χ1v) is 7.96. The van der Waals surface area contributed by atoms with Crippen molar-refractivity contribution in [3.63, 3.8) is 0 Å². The van der Waals surface area contributed by atoms with Crippen molar-refractivity contribution in [1.82, 2.24) is 4.90 Å². The van der Waals surface area contributed by atoms with Gasteiger partial charge in [-0.2, -0.15) is 0 Å². The Bertz CT molecular complexity index is 445. The van der Waals surface area contributed by atoms with Gasteiger partial charge in [-0.3, -0.25) is 0 Å². The molecule has 0 spiro atoms. The summed E-state index contributed by atoms with van der Waals surface area (Å²) in [7, 11) is 0. The molecule has 2 aliphatic heterocycles. The van der Waals surface area contributed by atoms with Gasteiger partial charge in [0.05, 0.1) is 0 Å². The molecule has 1 aromatic carbocycles. The predicted octanol–water partition coefficient (Wildman–Crippen LogP) is 3.41. The van der Waals surface area contributed by atoms with Crippen molar-refractivity contribution in [2.45, 2.75) is 27.7 Å². The topological polar surface area (TPSA) is 6.48 Å². The summed E-state index contributed by atoms with van der Waals surface area (Å²) in [5.41, 5.74) is 3.23. The molecule has 2 aliphatic rings. The number of likely N-dealkylation sites (tertiary alicyclic amines) is 1. The zero-order chi connectivity index (χ0) is 14.3. The molecule has 3 rings (SSSR count). The lowest BCUT2D eigenvalue weighted by Crippen LogP contribution is -2.58. The van der Waals surface area contributed by atoms with Gasteiger partial charge in [-0.1, -0.05) is 38.5 Å². The number of rotatable bonds is 3. The largest absolute Gasteiger partial charge is 0.371 e. The highest BCUT2D eigenvalue weighted by molar-refractivity contribution is 5.49. The molecule has 0 bridgehead atoms. The van der Waals surface area contributed by atoms with Crippen LogP contribution < -0.4 is 4.90 Å². The zero-order valence-corrected chi connectivity index (χ0v) is 13.4. The molecule has 0 aliphatic carbocycles. The third kappa shape index (κ3) is 2.85. The summed E-state index contributed by atoms with van der Waals surface area (Å²) in [4.78, 5) is 5.15. The number of nitrogens with zero attached hydrogens (tertiary/aromatic N) is 2. The summed E-state index contributed by atoms with van der Waals surface area (Å²) in [6, 6.07) is 8.94. The molecule has 0 unspecified atom stereocenters. The Kier molecular flexibility index (Phi) is 3.53. The van der Waals surface area contributed by atoms with Gasteiger partial charge in [0, 0.05) is 44.3 Å². The molecule has 110 valence electrons. The first kappa shape index (κ1) is 13.9. The Balaban J connectivity index is 1.40. The van der Waals surface area contributed by atoms with Gasteiger partial charge in [0.15, 0.2) is 0 Å². The first-order valence-electron chi connectivity index (χ1n) is 7.96. The highest BCUT2D eigenvalue weighted by atomic mass is 15.2. The van der Waals surface area contributed by atoms with Crippen LogP contribution in [0.25, 0.3) is 0 Å². The Morgan fingerprint density at radius 1 is 1.00 bits per heavy atom. The van der Waals surface area contributed by atoms with Crippen molar-refractivity contribution >= 4 is 5.69 Å². The van der Waals surface area contributed by atoms with E-state index in [1.807, 2.05) is 0 Å². The fourth-order valence-corrected chi connectivity index (χ4v) is 3.28. The summed E-state index contributed by atoms with van der Waals surface area (Å²) in [5, 5.41) is 0. The lowest BCUT2D eigenvalue weighted by molar-refractivity contribution is 0.0110. The maximum absolute atomic E-state index is 2.65. The SMILES string of the molecule is Cc1ccc(N2CC(CN3CC(C(C)(C)C)C3)C2)cc1. The van der Waals surface area contributed by atoms with Crippen LogP contribution in [0.3, 0.4) is 0 Å². The van der Waals surface area contributed by atoms with E-state index in [-0.39, 0.29) is 0 Å². The molecule has 0 N–H and O–H groups in total. The van der Waals surface area contributed by atoms with Gasteiger partial charge >= 0.3 is 0 Å². The maximum atomic E-state index is 2.65. The number of aryl methyl sites for hydroxylation is 1. The van der Waals surface area contributed by atoms with Gasteiger partial charge in [0.1, 0.15) is 0 Å². The lowest BCUT2D eigenvalue weighted by atomic mass is 9.75. The number of hydrogen-bond acceptors (Lipinski definition) is 2. The van der Waals surface area contributed by atoms with Crippen LogP contribution in [0, 0.1) is 24.2 Å². The van der Waals surface area contributed by atoms with E-state index in [1.54, 1.807) is 0 Å². The third-order valence-corrected chi connectivity index (χ3v) is 5.05. The van der Waals surface area contributed by atoms with E-state index in [1.165, 1.54) is 44.0 Å². The van der Waals surface area contributed by atoms with Crippen LogP contribution in [0.4, 0.5) is 5.69 Å². The van der Waals surface area contributed by atoms with Gasteiger partial charge < -0.3 is 9.80 Å². The van der Waals surface area contributed by atoms with Gasteiger partial charge in [0.2, 0.25) is 0 Å². The Labute approximate surface area is 123 Å². The van der Waals surface area contributed by atoms with E-state index in [4.69, 9.17) is 0 Å². The summed E-state index contributed by atoms with van der Waals surface area (Å²) in [6.45, 7) is 15.7. The Morgan fingerprint density at radius 3 is 2.15 bits per heavy atom. The molecule has 1 aromatic rings. The average Bonchev–Trinajstić information content (AvgIpc) is 2.25. The Hall–Kier alpha value is -1.02. The molecule has 0 saturated carbocycles. The minimum Gasteiger partial charge on any atom is -0.371 e. The molecule has 0 radical (unpaired) electrons. The van der Waals surface area contributed by atoms with Crippen molar-refractivity contribution < 1.29 is 0 Å². The molecule has 2 heterocycles. The maximum Gasteiger partial charge on any atom is 0.0366 e. The lowest BCUT2D eigenvalue weighted by Gasteiger charge is -2.50. The summed E-state index contributed by atoms with van der Waals surface area (Å²) >= 11 is 0. The summed E-state index contributed by atoms with van der Waals surface area (Å²) in [5.74, 6) is 1.77. The molecule has 2 fully saturated rings. The molecule has 0 aromatic heterocycles. The van der Waals surface area contributed by atoms with E-state index in [0.717, 1.165) is 11.8 Å². The molecule has 20 heavy (non-hydrogen) atoms. The van der Waals surface area contributed by atoms with Crippen molar-refractivity contribution in [1.29, 1.82) is 0 Å². The van der Waals surface area contributed by atoms with Crippen LogP contribution in [0.15, 0.2) is 24.3 Å². The highest BCUT2D eigenvalue weighted by Gasteiger charge is 2.38. The third-order valence-electron chi connectivity index (χ3n) is 5.05. The normalized spacial score (nSPS) is 21.7. The number of anilines is 1. The van der Waals surface area contributed by atoms with Gasteiger partial charge in [-0.05, 0) is 30.4 Å². The zero-order valence-electron chi connectivity index (χ0n) is 13.4. The van der Waals surface area contributed by atoms with Crippen LogP contribution in [-0.2, 0) is 0 Å².